The summed E-state index contributed by atoms with van der Waals surface area (Å²) in [6, 6.07) is 4.14. The summed E-state index contributed by atoms with van der Waals surface area (Å²) >= 11 is 2.40. The quantitative estimate of drug-likeness (QED) is 0.571. The lowest BCUT2D eigenvalue weighted by molar-refractivity contribution is 1.07. The molecule has 0 nitrogen and oxygen atoms in total. The summed E-state index contributed by atoms with van der Waals surface area (Å²) in [7, 11) is 5.78. The molecule has 2 heteroatoms. The first-order chi connectivity index (χ1) is 5.69. The van der Waals surface area contributed by atoms with Crippen LogP contribution in [0.5, 0.6) is 0 Å². The third-order valence-corrected chi connectivity index (χ3v) is 3.39. The molecule has 0 unspecified atom stereocenters. The zero-order chi connectivity index (χ0) is 9.14. The van der Waals surface area contributed by atoms with Crippen molar-refractivity contribution in [3.8, 4) is 0 Å². The summed E-state index contributed by atoms with van der Waals surface area (Å²) in [6.07, 6.45) is 2.13. The first kappa shape index (κ1) is 10.1. The van der Waals surface area contributed by atoms with E-state index in [0.29, 0.717) is 0 Å². The van der Waals surface area contributed by atoms with Crippen molar-refractivity contribution in [2.24, 2.45) is 0 Å². The molecule has 0 atom stereocenters. The van der Waals surface area contributed by atoms with E-state index in [-0.39, 0.29) is 0 Å². The van der Waals surface area contributed by atoms with Gasteiger partial charge in [0.15, 0.2) is 0 Å². The van der Waals surface area contributed by atoms with Gasteiger partial charge in [0.05, 0.1) is 0 Å². The fraction of sp³-hybridized carbons (Fsp3) is 0.400. The van der Waals surface area contributed by atoms with E-state index in [1.54, 1.807) is 0 Å². The van der Waals surface area contributed by atoms with Crippen LogP contribution in [0.2, 0.25) is 0 Å². The van der Waals surface area contributed by atoms with E-state index in [4.69, 9.17) is 7.85 Å². The topological polar surface area (TPSA) is 0 Å². The lowest BCUT2D eigenvalue weighted by atomic mass is 9.91. The van der Waals surface area contributed by atoms with Gasteiger partial charge in [0.25, 0.3) is 0 Å². The first-order valence-corrected chi connectivity index (χ1v) is 5.33. The minimum atomic E-state index is 0.893. The highest BCUT2D eigenvalue weighted by Crippen LogP contribution is 2.17. The van der Waals surface area contributed by atoms with Crippen LogP contribution >= 0.6 is 22.6 Å². The molecule has 0 aromatic heterocycles. The Labute approximate surface area is 89.3 Å². The number of aryl methyl sites for hydroxylation is 2. The fourth-order valence-electron chi connectivity index (χ4n) is 1.29. The van der Waals surface area contributed by atoms with Crippen molar-refractivity contribution in [1.82, 2.24) is 0 Å². The molecule has 0 bridgehead atoms. The van der Waals surface area contributed by atoms with Crippen LogP contribution in [0.3, 0.4) is 0 Å². The number of halogens is 1. The molecule has 0 N–H and O–H groups in total. The molecule has 0 aliphatic rings. The van der Waals surface area contributed by atoms with E-state index >= 15 is 0 Å². The van der Waals surface area contributed by atoms with Crippen molar-refractivity contribution >= 4 is 35.9 Å². The Morgan fingerprint density at radius 3 is 1.92 bits per heavy atom. The average molecular weight is 270 g/mol. The highest BCUT2D eigenvalue weighted by atomic mass is 127. The summed E-state index contributed by atoms with van der Waals surface area (Å²) in [5, 5.41) is 0. The molecule has 0 spiro atoms. The molecule has 1 aromatic rings. The van der Waals surface area contributed by atoms with Gasteiger partial charge in [-0.1, -0.05) is 31.4 Å². The van der Waals surface area contributed by atoms with Crippen LogP contribution in [0, 0.1) is 3.57 Å². The van der Waals surface area contributed by atoms with Crippen molar-refractivity contribution in [2.75, 3.05) is 0 Å². The maximum Gasteiger partial charge on any atom is 0.113 e. The van der Waals surface area contributed by atoms with Gasteiger partial charge in [-0.2, -0.15) is 0 Å². The van der Waals surface area contributed by atoms with E-state index in [9.17, 15) is 0 Å². The predicted molar refractivity (Wildman–Crippen MR) is 63.3 cm³/mol. The maximum atomic E-state index is 5.78. The van der Waals surface area contributed by atoms with Crippen LogP contribution in [-0.4, -0.2) is 7.85 Å². The molecule has 1 aromatic carbocycles. The van der Waals surface area contributed by atoms with Crippen molar-refractivity contribution in [2.45, 2.75) is 26.7 Å². The second-order valence-electron chi connectivity index (χ2n) is 2.86. The van der Waals surface area contributed by atoms with Crippen LogP contribution in [-0.2, 0) is 12.8 Å². The van der Waals surface area contributed by atoms with Crippen molar-refractivity contribution in [3.63, 3.8) is 0 Å². The monoisotopic (exact) mass is 270 g/mol. The summed E-state index contributed by atoms with van der Waals surface area (Å²) in [6.45, 7) is 4.33. The van der Waals surface area contributed by atoms with E-state index in [2.05, 4.69) is 48.6 Å². The van der Waals surface area contributed by atoms with Gasteiger partial charge in [-0.05, 0) is 46.6 Å². The Bertz CT molecular complexity index is 256. The number of hydrogen-bond donors (Lipinski definition) is 0. The van der Waals surface area contributed by atoms with Crippen LogP contribution < -0.4 is 5.46 Å². The molecule has 0 amide bonds. The van der Waals surface area contributed by atoms with E-state index in [0.717, 1.165) is 18.3 Å². The van der Waals surface area contributed by atoms with E-state index < -0.39 is 0 Å². The molecular formula is C10H12BI. The van der Waals surface area contributed by atoms with Crippen LogP contribution in [0.4, 0.5) is 0 Å². The van der Waals surface area contributed by atoms with Gasteiger partial charge < -0.3 is 0 Å². The minimum absolute atomic E-state index is 0.893. The third kappa shape index (κ3) is 2.03. The van der Waals surface area contributed by atoms with Crippen LogP contribution in [0.25, 0.3) is 0 Å². The number of rotatable bonds is 2. The summed E-state index contributed by atoms with van der Waals surface area (Å²) < 4.78 is 1.38. The molecule has 0 fully saturated rings. The van der Waals surface area contributed by atoms with Crippen molar-refractivity contribution in [3.05, 3.63) is 26.8 Å². The van der Waals surface area contributed by atoms with E-state index in [1.807, 2.05) is 0 Å². The lowest BCUT2D eigenvalue weighted by Gasteiger charge is -2.08. The molecule has 12 heavy (non-hydrogen) atoms. The molecular weight excluding hydrogens is 258 g/mol. The Balaban J connectivity index is 3.22. The molecule has 0 aliphatic heterocycles. The zero-order valence-electron chi connectivity index (χ0n) is 7.52. The van der Waals surface area contributed by atoms with Gasteiger partial charge in [0.2, 0.25) is 0 Å². The van der Waals surface area contributed by atoms with Gasteiger partial charge in [0, 0.05) is 3.57 Å². The number of benzene rings is 1. The molecule has 0 saturated carbocycles. The highest BCUT2D eigenvalue weighted by molar-refractivity contribution is 14.1. The molecule has 0 saturated heterocycles. The lowest BCUT2D eigenvalue weighted by Crippen LogP contribution is -2.08. The smallest absolute Gasteiger partial charge is 0.0961 e. The predicted octanol–water partition coefficient (Wildman–Crippen LogP) is 2.21. The van der Waals surface area contributed by atoms with Gasteiger partial charge in [-0.15, -0.1) is 0 Å². The van der Waals surface area contributed by atoms with Gasteiger partial charge in [0.1, 0.15) is 7.85 Å². The molecule has 0 aliphatic carbocycles. The second-order valence-corrected chi connectivity index (χ2v) is 3.94. The summed E-state index contributed by atoms with van der Waals surface area (Å²) in [5.74, 6) is 0. The van der Waals surface area contributed by atoms with Gasteiger partial charge in [-0.25, -0.2) is 0 Å². The Hall–Kier alpha value is 0.0149. The summed E-state index contributed by atoms with van der Waals surface area (Å²) in [5.41, 5.74) is 3.63. The van der Waals surface area contributed by atoms with Crippen LogP contribution in [0.1, 0.15) is 25.0 Å². The largest absolute Gasteiger partial charge is 0.113 e. The number of hydrogen-bond acceptors (Lipinski definition) is 0. The van der Waals surface area contributed by atoms with E-state index in [1.165, 1.54) is 14.7 Å². The molecule has 1 rings (SSSR count). The average Bonchev–Trinajstić information content (AvgIpc) is 2.08. The second kappa shape index (κ2) is 4.31. The Kier molecular flexibility index (Phi) is 3.62. The molecule has 62 valence electrons. The minimum Gasteiger partial charge on any atom is -0.0961 e. The summed E-state index contributed by atoms with van der Waals surface area (Å²) in [4.78, 5) is 0. The standard InChI is InChI=1S/C10H12BI/c1-3-7-5-9(11)6-8(4-2)10(7)12/h5-6H,3-4H2,1-2H3. The molecule has 0 heterocycles. The SMILES string of the molecule is [B]c1cc(CC)c(I)c(CC)c1. The normalized spacial score (nSPS) is 10.2. The zero-order valence-corrected chi connectivity index (χ0v) is 9.68. The van der Waals surface area contributed by atoms with Crippen molar-refractivity contribution in [1.29, 1.82) is 0 Å². The first-order valence-electron chi connectivity index (χ1n) is 4.25. The highest BCUT2D eigenvalue weighted by Gasteiger charge is 2.03. The fourth-order valence-corrected chi connectivity index (χ4v) is 2.37. The third-order valence-electron chi connectivity index (χ3n) is 2.01. The van der Waals surface area contributed by atoms with Crippen molar-refractivity contribution < 1.29 is 0 Å². The van der Waals surface area contributed by atoms with Gasteiger partial charge in [-0.3, -0.25) is 0 Å². The Morgan fingerprint density at radius 2 is 1.58 bits per heavy atom. The Morgan fingerprint density at radius 1 is 1.17 bits per heavy atom. The van der Waals surface area contributed by atoms with Gasteiger partial charge >= 0.3 is 0 Å². The molecule has 2 radical (unpaired) electrons. The maximum absolute atomic E-state index is 5.78. The van der Waals surface area contributed by atoms with Crippen LogP contribution in [0.15, 0.2) is 12.1 Å².